The molecule has 0 radical (unpaired) electrons. The van der Waals surface area contributed by atoms with E-state index in [0.29, 0.717) is 19.1 Å². The van der Waals surface area contributed by atoms with Crippen molar-refractivity contribution in [2.24, 2.45) is 0 Å². The summed E-state index contributed by atoms with van der Waals surface area (Å²) in [6.45, 7) is 5.09. The minimum Gasteiger partial charge on any atom is -0.338 e. The van der Waals surface area contributed by atoms with Crippen LogP contribution in [0.3, 0.4) is 0 Å². The van der Waals surface area contributed by atoms with Gasteiger partial charge in [0.2, 0.25) is 5.88 Å². The van der Waals surface area contributed by atoms with E-state index in [-0.39, 0.29) is 5.91 Å². The molecule has 7 heteroatoms. The lowest BCUT2D eigenvalue weighted by atomic mass is 10.0. The number of likely N-dealkylation sites (N-methyl/N-ethyl adjacent to an activating group) is 1. The normalized spacial score (nSPS) is 16.5. The fraction of sp³-hybridized carbons (Fsp3) is 0.440. The number of aromatic nitrogens is 1. The maximum atomic E-state index is 13.4. The van der Waals surface area contributed by atoms with Crippen molar-refractivity contribution in [1.29, 1.82) is 0 Å². The third-order valence-electron chi connectivity index (χ3n) is 6.06. The third kappa shape index (κ3) is 5.05. The van der Waals surface area contributed by atoms with Gasteiger partial charge < -0.3 is 19.2 Å². The van der Waals surface area contributed by atoms with Crippen molar-refractivity contribution >= 4 is 23.1 Å². The maximum Gasteiger partial charge on any atom is 0.264 e. The van der Waals surface area contributed by atoms with Gasteiger partial charge in [0, 0.05) is 31.2 Å². The van der Waals surface area contributed by atoms with Crippen LogP contribution in [0.1, 0.15) is 41.4 Å². The SMILES string of the molecule is C[C@@H]1CCCCN1c1onc(-c2ccccc2)c1CN(CCN(C)C)C(=O)c1cccs1. The molecule has 0 spiro atoms. The predicted molar refractivity (Wildman–Crippen MR) is 130 cm³/mol. The molecular weight excluding hydrogens is 420 g/mol. The van der Waals surface area contributed by atoms with Crippen molar-refractivity contribution in [3.05, 3.63) is 58.3 Å². The Hall–Kier alpha value is -2.64. The van der Waals surface area contributed by atoms with E-state index >= 15 is 0 Å². The molecular formula is C25H32N4O2S. The largest absolute Gasteiger partial charge is 0.338 e. The molecule has 3 aromatic rings. The Morgan fingerprint density at radius 1 is 1.16 bits per heavy atom. The zero-order chi connectivity index (χ0) is 22.5. The summed E-state index contributed by atoms with van der Waals surface area (Å²) in [5, 5.41) is 6.46. The van der Waals surface area contributed by atoms with Crippen LogP contribution >= 0.6 is 11.3 Å². The lowest BCUT2D eigenvalue weighted by Crippen LogP contribution is -2.39. The second kappa shape index (κ2) is 10.3. The highest BCUT2D eigenvalue weighted by Crippen LogP contribution is 2.35. The number of thiophene rings is 1. The van der Waals surface area contributed by atoms with Crippen LogP contribution in [-0.4, -0.2) is 60.6 Å². The van der Waals surface area contributed by atoms with Gasteiger partial charge in [0.15, 0.2) is 0 Å². The van der Waals surface area contributed by atoms with Gasteiger partial charge in [0.25, 0.3) is 5.91 Å². The number of amides is 1. The summed E-state index contributed by atoms with van der Waals surface area (Å²) in [4.78, 5) is 20.5. The zero-order valence-corrected chi connectivity index (χ0v) is 20.0. The second-order valence-electron chi connectivity index (χ2n) is 8.73. The lowest BCUT2D eigenvalue weighted by Gasteiger charge is -2.34. The number of hydrogen-bond acceptors (Lipinski definition) is 6. The molecule has 1 aromatic carbocycles. The molecule has 1 fully saturated rings. The molecule has 6 nitrogen and oxygen atoms in total. The molecule has 0 saturated carbocycles. The number of rotatable bonds is 8. The van der Waals surface area contributed by atoms with Gasteiger partial charge in [-0.05, 0) is 51.7 Å². The Morgan fingerprint density at radius 2 is 1.97 bits per heavy atom. The first kappa shape index (κ1) is 22.6. The highest BCUT2D eigenvalue weighted by molar-refractivity contribution is 7.12. The van der Waals surface area contributed by atoms with E-state index < -0.39 is 0 Å². The topological polar surface area (TPSA) is 52.8 Å². The van der Waals surface area contributed by atoms with Crippen LogP contribution in [0.15, 0.2) is 52.4 Å². The van der Waals surface area contributed by atoms with Gasteiger partial charge in [-0.2, -0.15) is 0 Å². The maximum absolute atomic E-state index is 13.4. The first-order valence-corrected chi connectivity index (χ1v) is 12.2. The standard InChI is InChI=1S/C25H32N4O2S/c1-19-10-7-8-14-29(19)25-21(23(26-31-25)20-11-5-4-6-12-20)18-28(16-15-27(2)3)24(30)22-13-9-17-32-22/h4-6,9,11-13,17,19H,7-8,10,14-16,18H2,1-3H3/t19-/m1/s1. The first-order chi connectivity index (χ1) is 15.5. The van der Waals surface area contributed by atoms with Crippen molar-refractivity contribution in [2.45, 2.75) is 38.8 Å². The Labute approximate surface area is 194 Å². The smallest absolute Gasteiger partial charge is 0.264 e. The summed E-state index contributed by atoms with van der Waals surface area (Å²) in [6.07, 6.45) is 3.52. The van der Waals surface area contributed by atoms with Crippen LogP contribution in [0, 0.1) is 0 Å². The molecule has 2 aromatic heterocycles. The summed E-state index contributed by atoms with van der Waals surface area (Å²) in [5.41, 5.74) is 2.83. The fourth-order valence-corrected chi connectivity index (χ4v) is 4.90. The minimum atomic E-state index is 0.0553. The van der Waals surface area contributed by atoms with Crippen LogP contribution in [-0.2, 0) is 6.54 Å². The number of benzene rings is 1. The molecule has 1 atom stereocenters. The number of nitrogens with zero attached hydrogens (tertiary/aromatic N) is 4. The van der Waals surface area contributed by atoms with Crippen LogP contribution in [0.25, 0.3) is 11.3 Å². The number of piperidine rings is 1. The van der Waals surface area contributed by atoms with E-state index in [4.69, 9.17) is 4.52 Å². The molecule has 0 aliphatic carbocycles. The summed E-state index contributed by atoms with van der Waals surface area (Å²) in [5.74, 6) is 0.865. The van der Waals surface area contributed by atoms with Crippen molar-refractivity contribution in [1.82, 2.24) is 15.0 Å². The van der Waals surface area contributed by atoms with Crippen molar-refractivity contribution in [2.75, 3.05) is 38.6 Å². The van der Waals surface area contributed by atoms with E-state index in [2.05, 4.69) is 34.0 Å². The van der Waals surface area contributed by atoms with Gasteiger partial charge in [0.1, 0.15) is 5.69 Å². The first-order valence-electron chi connectivity index (χ1n) is 11.3. The van der Waals surface area contributed by atoms with Crippen molar-refractivity contribution in [3.8, 4) is 11.3 Å². The molecule has 0 bridgehead atoms. The summed E-state index contributed by atoms with van der Waals surface area (Å²) < 4.78 is 5.99. The van der Waals surface area contributed by atoms with Gasteiger partial charge in [-0.3, -0.25) is 4.79 Å². The van der Waals surface area contributed by atoms with Gasteiger partial charge >= 0.3 is 0 Å². The summed E-state index contributed by atoms with van der Waals surface area (Å²) >= 11 is 1.49. The third-order valence-corrected chi connectivity index (χ3v) is 6.92. The molecule has 0 N–H and O–H groups in total. The minimum absolute atomic E-state index is 0.0553. The molecule has 1 aliphatic heterocycles. The van der Waals surface area contributed by atoms with Gasteiger partial charge in [-0.15, -0.1) is 11.3 Å². The molecule has 3 heterocycles. The van der Waals surface area contributed by atoms with Crippen LogP contribution in [0.5, 0.6) is 0 Å². The molecule has 1 saturated heterocycles. The highest BCUT2D eigenvalue weighted by Gasteiger charge is 2.30. The van der Waals surface area contributed by atoms with Crippen molar-refractivity contribution < 1.29 is 9.32 Å². The molecule has 1 amide bonds. The van der Waals surface area contributed by atoms with Gasteiger partial charge in [-0.25, -0.2) is 0 Å². The summed E-state index contributed by atoms with van der Waals surface area (Å²) in [6, 6.07) is 14.3. The molecule has 0 unspecified atom stereocenters. The Morgan fingerprint density at radius 3 is 2.66 bits per heavy atom. The number of hydrogen-bond donors (Lipinski definition) is 0. The van der Waals surface area contributed by atoms with Crippen molar-refractivity contribution in [3.63, 3.8) is 0 Å². The summed E-state index contributed by atoms with van der Waals surface area (Å²) in [7, 11) is 4.06. The highest BCUT2D eigenvalue weighted by atomic mass is 32.1. The predicted octanol–water partition coefficient (Wildman–Crippen LogP) is 4.99. The second-order valence-corrected chi connectivity index (χ2v) is 9.67. The Balaban J connectivity index is 1.72. The van der Waals surface area contributed by atoms with E-state index in [1.54, 1.807) is 0 Å². The van der Waals surface area contributed by atoms with E-state index in [9.17, 15) is 4.79 Å². The quantitative estimate of drug-likeness (QED) is 0.482. The van der Waals surface area contributed by atoms with Crippen LogP contribution < -0.4 is 4.90 Å². The number of anilines is 1. The van der Waals surface area contributed by atoms with Crippen LogP contribution in [0.2, 0.25) is 0 Å². The lowest BCUT2D eigenvalue weighted by molar-refractivity contribution is 0.0737. The number of carbonyl (C=O) groups is 1. The van der Waals surface area contributed by atoms with Gasteiger partial charge in [0.05, 0.1) is 17.0 Å². The van der Waals surface area contributed by atoms with E-state index in [0.717, 1.165) is 53.5 Å². The number of carbonyl (C=O) groups excluding carboxylic acids is 1. The molecule has 4 rings (SSSR count). The van der Waals surface area contributed by atoms with Crippen LogP contribution in [0.4, 0.5) is 5.88 Å². The molecule has 1 aliphatic rings. The average Bonchev–Trinajstić information content (AvgIpc) is 3.47. The average molecular weight is 453 g/mol. The Kier molecular flexibility index (Phi) is 7.27. The molecule has 170 valence electrons. The van der Waals surface area contributed by atoms with E-state index in [1.807, 2.05) is 54.7 Å². The monoisotopic (exact) mass is 452 g/mol. The zero-order valence-electron chi connectivity index (χ0n) is 19.2. The van der Waals surface area contributed by atoms with E-state index in [1.165, 1.54) is 17.8 Å². The van der Waals surface area contributed by atoms with Gasteiger partial charge in [-0.1, -0.05) is 41.6 Å². The Bertz CT molecular complexity index is 1000. The fourth-order valence-electron chi connectivity index (χ4n) is 4.21. The molecule has 32 heavy (non-hydrogen) atoms.